The highest BCUT2D eigenvalue weighted by atomic mass is 32.2. The van der Waals surface area contributed by atoms with Gasteiger partial charge in [0.1, 0.15) is 17.9 Å². The van der Waals surface area contributed by atoms with Crippen LogP contribution in [0.2, 0.25) is 0 Å². The summed E-state index contributed by atoms with van der Waals surface area (Å²) >= 11 is 1.57. The number of aliphatic imine (C=N–C) groups is 1. The minimum atomic E-state index is -0.577. The van der Waals surface area contributed by atoms with Crippen molar-refractivity contribution in [3.63, 3.8) is 0 Å². The third-order valence-electron chi connectivity index (χ3n) is 3.37. The van der Waals surface area contributed by atoms with Crippen LogP contribution in [0.15, 0.2) is 40.7 Å². The summed E-state index contributed by atoms with van der Waals surface area (Å²) in [6.07, 6.45) is 0. The summed E-state index contributed by atoms with van der Waals surface area (Å²) in [5.41, 5.74) is 6.97. The van der Waals surface area contributed by atoms with E-state index in [2.05, 4.69) is 11.1 Å². The number of benzene rings is 1. The highest BCUT2D eigenvalue weighted by Crippen LogP contribution is 2.37. The molecule has 1 unspecified atom stereocenters. The van der Waals surface area contributed by atoms with Crippen molar-refractivity contribution in [2.24, 2.45) is 10.7 Å². The van der Waals surface area contributed by atoms with Gasteiger partial charge in [0.25, 0.3) is 5.69 Å². The summed E-state index contributed by atoms with van der Waals surface area (Å²) in [5, 5.41) is 21.0. The maximum absolute atomic E-state index is 10.9. The van der Waals surface area contributed by atoms with Gasteiger partial charge in [0.15, 0.2) is 5.17 Å². The van der Waals surface area contributed by atoms with Crippen molar-refractivity contribution in [2.45, 2.75) is 6.04 Å². The van der Waals surface area contributed by atoms with Crippen LogP contribution in [0.4, 0.5) is 5.69 Å². The smallest absolute Gasteiger partial charge is 0.269 e. The van der Waals surface area contributed by atoms with E-state index < -0.39 is 11.0 Å². The fourth-order valence-corrected chi connectivity index (χ4v) is 3.34. The van der Waals surface area contributed by atoms with Gasteiger partial charge in [0.2, 0.25) is 0 Å². The van der Waals surface area contributed by atoms with Gasteiger partial charge in [-0.05, 0) is 5.56 Å². The van der Waals surface area contributed by atoms with Crippen molar-refractivity contribution >= 4 is 22.6 Å². The van der Waals surface area contributed by atoms with E-state index in [-0.39, 0.29) is 5.69 Å². The summed E-state index contributed by atoms with van der Waals surface area (Å²) in [7, 11) is 0. The summed E-state index contributed by atoms with van der Waals surface area (Å²) < 4.78 is 0. The predicted molar refractivity (Wildman–Crippen MR) is 79.3 cm³/mol. The number of fused-ring (bicyclic) bond motifs is 1. The lowest BCUT2D eigenvalue weighted by molar-refractivity contribution is -0.384. The molecule has 106 valence electrons. The number of amidine groups is 1. The monoisotopic (exact) mass is 301 g/mol. The van der Waals surface area contributed by atoms with E-state index in [9.17, 15) is 15.4 Å². The Morgan fingerprint density at radius 2 is 2.38 bits per heavy atom. The van der Waals surface area contributed by atoms with Crippen molar-refractivity contribution in [1.29, 1.82) is 5.26 Å². The van der Waals surface area contributed by atoms with Crippen molar-refractivity contribution in [3.8, 4) is 6.07 Å². The maximum Gasteiger partial charge on any atom is 0.269 e. The molecule has 0 amide bonds. The lowest BCUT2D eigenvalue weighted by Gasteiger charge is -2.27. The molecule has 0 bridgehead atoms. The average Bonchev–Trinajstić information content (AvgIpc) is 2.96. The Hall–Kier alpha value is -2.53. The first-order valence-corrected chi connectivity index (χ1v) is 7.22. The van der Waals surface area contributed by atoms with E-state index in [0.717, 1.165) is 17.5 Å². The van der Waals surface area contributed by atoms with Gasteiger partial charge >= 0.3 is 0 Å². The van der Waals surface area contributed by atoms with E-state index in [1.807, 2.05) is 4.90 Å². The molecule has 2 aliphatic heterocycles. The Balaban J connectivity index is 2.08. The number of nitrogens with zero attached hydrogens (tertiary/aromatic N) is 4. The Kier molecular flexibility index (Phi) is 3.27. The molecule has 2 aliphatic rings. The highest BCUT2D eigenvalue weighted by molar-refractivity contribution is 8.14. The number of thioether (sulfide) groups is 1. The summed E-state index contributed by atoms with van der Waals surface area (Å²) in [6.45, 7) is 0.724. The van der Waals surface area contributed by atoms with E-state index in [4.69, 9.17) is 5.73 Å². The van der Waals surface area contributed by atoms with Gasteiger partial charge in [-0.15, -0.1) is 0 Å². The van der Waals surface area contributed by atoms with Crippen LogP contribution in [0.5, 0.6) is 0 Å². The van der Waals surface area contributed by atoms with E-state index in [1.165, 1.54) is 12.1 Å². The zero-order chi connectivity index (χ0) is 15.0. The van der Waals surface area contributed by atoms with E-state index in [1.54, 1.807) is 23.9 Å². The third kappa shape index (κ3) is 2.21. The molecule has 2 heterocycles. The standard InChI is InChI=1S/C13H11N5O2S/c14-7-10-11(8-2-1-3-9(6-8)18(19)20)16-13-17(12(10)15)4-5-21-13/h1-3,6,11H,4-5,15H2. The molecule has 0 aromatic heterocycles. The first-order valence-electron chi connectivity index (χ1n) is 6.24. The van der Waals surface area contributed by atoms with Crippen LogP contribution in [0.25, 0.3) is 0 Å². The molecular formula is C13H11N5O2S. The largest absolute Gasteiger partial charge is 0.384 e. The molecule has 0 radical (unpaired) electrons. The Morgan fingerprint density at radius 3 is 3.10 bits per heavy atom. The average molecular weight is 301 g/mol. The number of nitro benzene ring substituents is 1. The molecule has 1 aromatic rings. The number of non-ortho nitro benzene ring substituents is 1. The molecule has 0 saturated carbocycles. The van der Waals surface area contributed by atoms with Crippen LogP contribution in [0.1, 0.15) is 11.6 Å². The van der Waals surface area contributed by atoms with Gasteiger partial charge in [0, 0.05) is 24.4 Å². The first kappa shape index (κ1) is 13.5. The topological polar surface area (TPSA) is 109 Å². The summed E-state index contributed by atoms with van der Waals surface area (Å²) in [5.74, 6) is 1.25. The van der Waals surface area contributed by atoms with Gasteiger partial charge in [-0.2, -0.15) is 5.26 Å². The minimum absolute atomic E-state index is 0.0231. The summed E-state index contributed by atoms with van der Waals surface area (Å²) in [6, 6.07) is 7.68. The van der Waals surface area contributed by atoms with E-state index >= 15 is 0 Å². The van der Waals surface area contributed by atoms with Crippen molar-refractivity contribution in [2.75, 3.05) is 12.3 Å². The Bertz CT molecular complexity index is 722. The van der Waals surface area contributed by atoms with Crippen molar-refractivity contribution in [3.05, 3.63) is 51.3 Å². The van der Waals surface area contributed by atoms with Crippen LogP contribution < -0.4 is 5.73 Å². The van der Waals surface area contributed by atoms with Crippen molar-refractivity contribution < 1.29 is 4.92 Å². The molecule has 1 atom stereocenters. The molecular weight excluding hydrogens is 290 g/mol. The second-order valence-corrected chi connectivity index (χ2v) is 5.64. The van der Waals surface area contributed by atoms with Crippen LogP contribution in [-0.2, 0) is 0 Å². The van der Waals surface area contributed by atoms with Gasteiger partial charge in [0.05, 0.1) is 10.5 Å². The highest BCUT2D eigenvalue weighted by Gasteiger charge is 2.33. The van der Waals surface area contributed by atoms with Gasteiger partial charge in [-0.1, -0.05) is 23.9 Å². The zero-order valence-electron chi connectivity index (χ0n) is 10.9. The van der Waals surface area contributed by atoms with Crippen LogP contribution in [0, 0.1) is 21.4 Å². The SMILES string of the molecule is N#CC1=C(N)N2CCSC2=NC1c1cccc([N+](=O)[O-])c1. The zero-order valence-corrected chi connectivity index (χ0v) is 11.7. The second-order valence-electron chi connectivity index (χ2n) is 4.58. The number of rotatable bonds is 2. The normalized spacial score (nSPS) is 20.8. The van der Waals surface area contributed by atoms with Crippen LogP contribution >= 0.6 is 11.8 Å². The number of nitro groups is 1. The molecule has 21 heavy (non-hydrogen) atoms. The Morgan fingerprint density at radius 1 is 1.57 bits per heavy atom. The number of nitrogens with two attached hydrogens (primary N) is 1. The maximum atomic E-state index is 10.9. The fraction of sp³-hybridized carbons (Fsp3) is 0.231. The van der Waals surface area contributed by atoms with Crippen LogP contribution in [0.3, 0.4) is 0 Å². The Labute approximate surface area is 124 Å². The van der Waals surface area contributed by atoms with Crippen molar-refractivity contribution in [1.82, 2.24) is 4.90 Å². The molecule has 2 N–H and O–H groups in total. The summed E-state index contributed by atoms with van der Waals surface area (Å²) in [4.78, 5) is 16.8. The first-order chi connectivity index (χ1) is 10.1. The molecule has 1 saturated heterocycles. The molecule has 3 rings (SSSR count). The molecule has 0 spiro atoms. The lowest BCUT2D eigenvalue weighted by Crippen LogP contribution is -2.34. The number of hydrogen-bond donors (Lipinski definition) is 1. The lowest BCUT2D eigenvalue weighted by atomic mass is 9.98. The molecule has 8 heteroatoms. The molecule has 0 aliphatic carbocycles. The van der Waals surface area contributed by atoms with Crippen LogP contribution in [-0.4, -0.2) is 27.3 Å². The second kappa shape index (κ2) is 5.10. The molecule has 1 fully saturated rings. The van der Waals surface area contributed by atoms with Gasteiger partial charge in [-0.25, -0.2) is 4.99 Å². The predicted octanol–water partition coefficient (Wildman–Crippen LogP) is 1.75. The fourth-order valence-electron chi connectivity index (χ4n) is 2.36. The minimum Gasteiger partial charge on any atom is -0.384 e. The number of nitriles is 1. The van der Waals surface area contributed by atoms with E-state index in [0.29, 0.717) is 17.0 Å². The quantitative estimate of drug-likeness (QED) is 0.658. The third-order valence-corrected chi connectivity index (χ3v) is 4.34. The molecule has 1 aromatic carbocycles. The van der Waals surface area contributed by atoms with Gasteiger partial charge < -0.3 is 10.6 Å². The number of hydrogen-bond acceptors (Lipinski definition) is 7. The molecule has 7 nitrogen and oxygen atoms in total. The van der Waals surface area contributed by atoms with Gasteiger partial charge in [-0.3, -0.25) is 10.1 Å².